The van der Waals surface area contributed by atoms with Crippen molar-refractivity contribution >= 4 is 11.9 Å². The molecule has 0 radical (unpaired) electrons. The van der Waals surface area contributed by atoms with Gasteiger partial charge in [0, 0.05) is 13.0 Å². The van der Waals surface area contributed by atoms with Gasteiger partial charge in [-0.25, -0.2) is 0 Å². The van der Waals surface area contributed by atoms with Gasteiger partial charge in [0.25, 0.3) is 0 Å². The quantitative estimate of drug-likeness (QED) is 0.772. The summed E-state index contributed by atoms with van der Waals surface area (Å²) in [4.78, 5) is 23.5. The number of hydrogen-bond donors (Lipinski definition) is 2. The van der Waals surface area contributed by atoms with Crippen molar-refractivity contribution < 1.29 is 14.7 Å². The van der Waals surface area contributed by atoms with Crippen molar-refractivity contribution in [3.8, 4) is 0 Å². The van der Waals surface area contributed by atoms with E-state index in [2.05, 4.69) is 17.4 Å². The lowest BCUT2D eigenvalue weighted by Gasteiger charge is -2.21. The molecule has 4 nitrogen and oxygen atoms in total. The Hall–Kier alpha value is -2.62. The molecule has 1 atom stereocenters. The van der Waals surface area contributed by atoms with E-state index >= 15 is 0 Å². The van der Waals surface area contributed by atoms with Crippen LogP contribution in [0.15, 0.2) is 60.7 Å². The number of carboxylic acids is 1. The van der Waals surface area contributed by atoms with Gasteiger partial charge in [0.2, 0.25) is 5.91 Å². The smallest absolute Gasteiger partial charge is 0.310 e. The van der Waals surface area contributed by atoms with Gasteiger partial charge in [-0.2, -0.15) is 0 Å². The van der Waals surface area contributed by atoms with E-state index in [0.717, 1.165) is 12.0 Å². The van der Waals surface area contributed by atoms with Crippen LogP contribution in [-0.2, 0) is 16.0 Å². The summed E-state index contributed by atoms with van der Waals surface area (Å²) in [6.45, 7) is 3.33. The molecule has 0 saturated carbocycles. The molecule has 0 aliphatic carbocycles. The van der Waals surface area contributed by atoms with E-state index in [9.17, 15) is 9.59 Å². The first-order valence-electron chi connectivity index (χ1n) is 8.47. The van der Waals surface area contributed by atoms with Crippen molar-refractivity contribution in [3.63, 3.8) is 0 Å². The summed E-state index contributed by atoms with van der Waals surface area (Å²) in [6, 6.07) is 20.0. The maximum absolute atomic E-state index is 12.4. The van der Waals surface area contributed by atoms with Gasteiger partial charge >= 0.3 is 5.97 Å². The van der Waals surface area contributed by atoms with Crippen molar-refractivity contribution in [3.05, 3.63) is 71.8 Å². The van der Waals surface area contributed by atoms with Gasteiger partial charge in [-0.15, -0.1) is 0 Å². The fourth-order valence-electron chi connectivity index (χ4n) is 2.62. The zero-order chi connectivity index (χ0) is 18.3. The molecular weight excluding hydrogens is 314 g/mol. The Bertz CT molecular complexity index is 696. The van der Waals surface area contributed by atoms with E-state index in [0.29, 0.717) is 6.42 Å². The molecule has 0 fully saturated rings. The zero-order valence-electron chi connectivity index (χ0n) is 14.7. The molecule has 25 heavy (non-hydrogen) atoms. The van der Waals surface area contributed by atoms with Crippen molar-refractivity contribution in [2.24, 2.45) is 5.41 Å². The summed E-state index contributed by atoms with van der Waals surface area (Å²) < 4.78 is 0. The van der Waals surface area contributed by atoms with Crippen molar-refractivity contribution in [2.45, 2.75) is 32.6 Å². The van der Waals surface area contributed by atoms with Gasteiger partial charge in [-0.3, -0.25) is 9.59 Å². The first-order chi connectivity index (χ1) is 11.9. The van der Waals surface area contributed by atoms with Crippen molar-refractivity contribution in [1.82, 2.24) is 5.32 Å². The van der Waals surface area contributed by atoms with Crippen LogP contribution in [0.5, 0.6) is 0 Å². The highest BCUT2D eigenvalue weighted by molar-refractivity contribution is 5.79. The van der Waals surface area contributed by atoms with Crippen LogP contribution in [-0.4, -0.2) is 23.5 Å². The Labute approximate surface area is 148 Å². The van der Waals surface area contributed by atoms with Crippen molar-refractivity contribution in [1.29, 1.82) is 0 Å². The standard InChI is InChI=1S/C21H25NO3/c1-21(2,20(24)25)15-22-19(23)14-18(17-11-7-4-8-12-17)13-16-9-5-3-6-10-16/h3-12,18H,13-15H2,1-2H3,(H,22,23)(H,24,25). The van der Waals surface area contributed by atoms with Crippen LogP contribution >= 0.6 is 0 Å². The Balaban J connectivity index is 2.06. The normalized spacial score (nSPS) is 12.4. The van der Waals surface area contributed by atoms with E-state index in [1.807, 2.05) is 48.5 Å². The minimum absolute atomic E-state index is 0.0524. The summed E-state index contributed by atoms with van der Waals surface area (Å²) >= 11 is 0. The molecule has 0 aliphatic heterocycles. The van der Waals surface area contributed by atoms with Gasteiger partial charge in [-0.1, -0.05) is 60.7 Å². The first kappa shape index (κ1) is 18.7. The van der Waals surface area contributed by atoms with Gasteiger partial charge in [0.05, 0.1) is 5.41 Å². The molecule has 2 N–H and O–H groups in total. The van der Waals surface area contributed by atoms with Crippen LogP contribution < -0.4 is 5.32 Å². The highest BCUT2D eigenvalue weighted by Gasteiger charge is 2.28. The highest BCUT2D eigenvalue weighted by atomic mass is 16.4. The molecule has 2 rings (SSSR count). The lowest BCUT2D eigenvalue weighted by atomic mass is 9.88. The van der Waals surface area contributed by atoms with Crippen LogP contribution in [0.3, 0.4) is 0 Å². The molecule has 0 bridgehead atoms. The lowest BCUT2D eigenvalue weighted by Crippen LogP contribution is -2.39. The molecule has 2 aromatic carbocycles. The van der Waals surface area contributed by atoms with Gasteiger partial charge in [0.1, 0.15) is 0 Å². The minimum atomic E-state index is -0.975. The lowest BCUT2D eigenvalue weighted by molar-refractivity contribution is -0.146. The third kappa shape index (κ3) is 5.75. The highest BCUT2D eigenvalue weighted by Crippen LogP contribution is 2.24. The number of hydrogen-bond acceptors (Lipinski definition) is 2. The number of amides is 1. The predicted molar refractivity (Wildman–Crippen MR) is 98.4 cm³/mol. The average molecular weight is 339 g/mol. The second-order valence-corrected chi connectivity index (χ2v) is 6.97. The molecule has 1 amide bonds. The molecule has 1 unspecified atom stereocenters. The van der Waals surface area contributed by atoms with Crippen LogP contribution in [0.4, 0.5) is 0 Å². The Morgan fingerprint density at radius 2 is 1.56 bits per heavy atom. The second-order valence-electron chi connectivity index (χ2n) is 6.97. The summed E-state index contributed by atoms with van der Waals surface area (Å²) in [5.41, 5.74) is 1.31. The number of carbonyl (C=O) groups is 2. The number of nitrogens with one attached hydrogen (secondary N) is 1. The minimum Gasteiger partial charge on any atom is -0.481 e. The predicted octanol–water partition coefficient (Wildman–Crippen LogP) is 3.63. The maximum atomic E-state index is 12.4. The Morgan fingerprint density at radius 3 is 2.12 bits per heavy atom. The van der Waals surface area contributed by atoms with Gasteiger partial charge < -0.3 is 10.4 Å². The number of carboxylic acid groups (broad SMARTS) is 1. The molecule has 132 valence electrons. The van der Waals surface area contributed by atoms with E-state index in [-0.39, 0.29) is 18.4 Å². The third-order valence-electron chi connectivity index (χ3n) is 4.33. The molecule has 0 saturated heterocycles. The van der Waals surface area contributed by atoms with E-state index in [4.69, 9.17) is 5.11 Å². The summed E-state index contributed by atoms with van der Waals surface area (Å²) in [5.74, 6) is -0.993. The molecule has 0 heterocycles. The van der Waals surface area contributed by atoms with Crippen LogP contribution in [0.25, 0.3) is 0 Å². The van der Waals surface area contributed by atoms with Crippen LogP contribution in [0.2, 0.25) is 0 Å². The Kier molecular flexibility index (Phi) is 6.34. The SMILES string of the molecule is CC(C)(CNC(=O)CC(Cc1ccccc1)c1ccccc1)C(=O)O. The van der Waals surface area contributed by atoms with E-state index in [1.165, 1.54) is 5.56 Å². The fraction of sp³-hybridized carbons (Fsp3) is 0.333. The van der Waals surface area contributed by atoms with Crippen molar-refractivity contribution in [2.75, 3.05) is 6.54 Å². The van der Waals surface area contributed by atoms with Crippen LogP contribution in [0.1, 0.15) is 37.3 Å². The maximum Gasteiger partial charge on any atom is 0.310 e. The molecule has 0 aliphatic rings. The molecule has 0 aromatic heterocycles. The third-order valence-corrected chi connectivity index (χ3v) is 4.33. The topological polar surface area (TPSA) is 66.4 Å². The number of aliphatic carboxylic acids is 1. The number of rotatable bonds is 8. The molecule has 2 aromatic rings. The van der Waals surface area contributed by atoms with E-state index < -0.39 is 11.4 Å². The van der Waals surface area contributed by atoms with Crippen LogP contribution in [0, 0.1) is 5.41 Å². The summed E-state index contributed by atoms with van der Waals surface area (Å²) in [7, 11) is 0. The number of carbonyl (C=O) groups excluding carboxylic acids is 1. The van der Waals surface area contributed by atoms with E-state index in [1.54, 1.807) is 13.8 Å². The summed E-state index contributed by atoms with van der Waals surface area (Å²) in [5, 5.41) is 11.9. The molecular formula is C21H25NO3. The van der Waals surface area contributed by atoms with Gasteiger partial charge in [-0.05, 0) is 37.3 Å². The fourth-order valence-corrected chi connectivity index (χ4v) is 2.62. The first-order valence-corrected chi connectivity index (χ1v) is 8.47. The largest absolute Gasteiger partial charge is 0.481 e. The average Bonchev–Trinajstić information content (AvgIpc) is 2.61. The molecule has 4 heteroatoms. The van der Waals surface area contributed by atoms with Gasteiger partial charge in [0.15, 0.2) is 0 Å². The molecule has 0 spiro atoms. The monoisotopic (exact) mass is 339 g/mol. The second kappa shape index (κ2) is 8.47. The summed E-state index contributed by atoms with van der Waals surface area (Å²) in [6.07, 6.45) is 1.09. The zero-order valence-corrected chi connectivity index (χ0v) is 14.7. The Morgan fingerprint density at radius 1 is 1.00 bits per heavy atom. The number of benzene rings is 2.